The normalized spacial score (nSPS) is 15.5. The summed E-state index contributed by atoms with van der Waals surface area (Å²) in [7, 11) is 0. The zero-order chi connectivity index (χ0) is 23.6. The number of anilines is 1. The van der Waals surface area contributed by atoms with E-state index in [4.69, 9.17) is 0 Å². The van der Waals surface area contributed by atoms with Crippen LogP contribution in [0, 0.1) is 22.2 Å². The van der Waals surface area contributed by atoms with Gasteiger partial charge >= 0.3 is 12.1 Å². The van der Waals surface area contributed by atoms with E-state index in [1.54, 1.807) is 17.1 Å². The molecule has 172 valence electrons. The fourth-order valence-corrected chi connectivity index (χ4v) is 4.45. The summed E-state index contributed by atoms with van der Waals surface area (Å²) in [4.78, 5) is 22.3. The van der Waals surface area contributed by atoms with E-state index in [0.717, 1.165) is 25.7 Å². The molecule has 1 unspecified atom stereocenters. The van der Waals surface area contributed by atoms with Crippen molar-refractivity contribution in [3.63, 3.8) is 0 Å². The number of carbonyl (C=O) groups excluding carboxylic acids is 1. The Bertz CT molecular complexity index is 1220. The fourth-order valence-electron chi connectivity index (χ4n) is 4.45. The molecule has 12 heteroatoms. The maximum atomic E-state index is 12.7. The molecule has 1 atom stereocenters. The van der Waals surface area contributed by atoms with Crippen LogP contribution in [0.3, 0.4) is 0 Å². The van der Waals surface area contributed by atoms with E-state index in [1.807, 2.05) is 5.32 Å². The molecule has 1 amide bonds. The minimum Gasteiger partial charge on any atom is -0.317 e. The van der Waals surface area contributed by atoms with Crippen LogP contribution in [-0.2, 0) is 11.3 Å². The van der Waals surface area contributed by atoms with Crippen molar-refractivity contribution in [3.05, 3.63) is 41.3 Å². The summed E-state index contributed by atoms with van der Waals surface area (Å²) < 4.78 is 41.0. The first-order chi connectivity index (χ1) is 15.8. The van der Waals surface area contributed by atoms with Crippen molar-refractivity contribution in [3.8, 4) is 17.2 Å². The first-order valence-electron chi connectivity index (χ1n) is 10.4. The second-order valence-corrected chi connectivity index (χ2v) is 8.03. The predicted octanol–water partition coefficient (Wildman–Crippen LogP) is 4.61. The zero-order valence-electron chi connectivity index (χ0n) is 17.4. The Labute approximate surface area is 186 Å². The molecular weight excluding hydrogens is 439 g/mol. The maximum absolute atomic E-state index is 12.7. The smallest absolute Gasteiger partial charge is 0.317 e. The molecular formula is C21H20F3N7O2. The molecule has 3 heterocycles. The average molecular weight is 459 g/mol. The molecule has 33 heavy (non-hydrogen) atoms. The molecule has 1 saturated carbocycles. The molecule has 0 bridgehead atoms. The Kier molecular flexibility index (Phi) is 6.13. The predicted molar refractivity (Wildman–Crippen MR) is 112 cm³/mol. The number of rotatable bonds is 7. The molecule has 0 aromatic carbocycles. The van der Waals surface area contributed by atoms with Gasteiger partial charge in [0.2, 0.25) is 0 Å². The Morgan fingerprint density at radius 1 is 1.27 bits per heavy atom. The van der Waals surface area contributed by atoms with Crippen molar-refractivity contribution < 1.29 is 18.0 Å². The van der Waals surface area contributed by atoms with Crippen LogP contribution in [0.1, 0.15) is 43.7 Å². The maximum Gasteiger partial charge on any atom is 0.471 e. The van der Waals surface area contributed by atoms with Gasteiger partial charge in [-0.1, -0.05) is 18.0 Å². The van der Waals surface area contributed by atoms with E-state index in [9.17, 15) is 28.1 Å². The third-order valence-corrected chi connectivity index (χ3v) is 5.94. The van der Waals surface area contributed by atoms with Crippen molar-refractivity contribution in [2.75, 3.05) is 5.32 Å². The number of carbonyl (C=O) groups is 1. The van der Waals surface area contributed by atoms with Crippen LogP contribution in [0.25, 0.3) is 16.6 Å². The fraction of sp³-hybridized carbons (Fsp3) is 0.429. The van der Waals surface area contributed by atoms with Crippen LogP contribution < -0.4 is 5.32 Å². The molecule has 4 rings (SSSR count). The van der Waals surface area contributed by atoms with Crippen LogP contribution in [0.5, 0.6) is 0 Å². The zero-order valence-corrected chi connectivity index (χ0v) is 17.4. The third-order valence-electron chi connectivity index (χ3n) is 5.94. The van der Waals surface area contributed by atoms with E-state index in [2.05, 4.69) is 21.4 Å². The molecule has 9 nitrogen and oxygen atoms in total. The SMILES string of the molecule is N#CCC(C1CCCC1)n1cc(-c2c(CN=O)cnn3cc(NC(=O)C(F)(F)F)cc23)cn1. The summed E-state index contributed by atoms with van der Waals surface area (Å²) in [6.45, 7) is -0.205. The van der Waals surface area contributed by atoms with Gasteiger partial charge in [0.05, 0.1) is 48.3 Å². The number of aromatic nitrogens is 4. The third kappa shape index (κ3) is 4.57. The van der Waals surface area contributed by atoms with E-state index >= 15 is 0 Å². The molecule has 3 aromatic rings. The number of nitrogens with zero attached hydrogens (tertiary/aromatic N) is 6. The van der Waals surface area contributed by atoms with Gasteiger partial charge in [0.1, 0.15) is 6.54 Å². The van der Waals surface area contributed by atoms with Crippen LogP contribution in [0.15, 0.2) is 36.0 Å². The van der Waals surface area contributed by atoms with Gasteiger partial charge in [-0.2, -0.15) is 33.5 Å². The highest BCUT2D eigenvalue weighted by molar-refractivity contribution is 5.96. The van der Waals surface area contributed by atoms with Crippen molar-refractivity contribution in [2.24, 2.45) is 11.1 Å². The number of amides is 1. The lowest BCUT2D eigenvalue weighted by atomic mass is 9.96. The summed E-state index contributed by atoms with van der Waals surface area (Å²) in [6, 6.07) is 3.48. The number of fused-ring (bicyclic) bond motifs is 1. The van der Waals surface area contributed by atoms with Gasteiger partial charge in [-0.3, -0.25) is 9.48 Å². The molecule has 0 aliphatic heterocycles. The summed E-state index contributed by atoms with van der Waals surface area (Å²) in [5.41, 5.74) is 1.87. The summed E-state index contributed by atoms with van der Waals surface area (Å²) >= 11 is 0. The number of nitrogens with one attached hydrogen (secondary N) is 1. The molecule has 0 radical (unpaired) electrons. The summed E-state index contributed by atoms with van der Waals surface area (Å²) in [5, 5.41) is 22.6. The number of halogens is 3. The molecule has 0 saturated heterocycles. The van der Waals surface area contributed by atoms with Crippen molar-refractivity contribution in [1.29, 1.82) is 5.26 Å². The highest BCUT2D eigenvalue weighted by Crippen LogP contribution is 2.37. The molecule has 1 fully saturated rings. The molecule has 0 spiro atoms. The Balaban J connectivity index is 1.75. The highest BCUT2D eigenvalue weighted by atomic mass is 19.4. The number of nitriles is 1. The van der Waals surface area contributed by atoms with Gasteiger partial charge < -0.3 is 5.32 Å². The van der Waals surface area contributed by atoms with Crippen LogP contribution >= 0.6 is 0 Å². The second kappa shape index (κ2) is 9.01. The van der Waals surface area contributed by atoms with Crippen LogP contribution in [0.4, 0.5) is 18.9 Å². The molecule has 1 aliphatic rings. The lowest BCUT2D eigenvalue weighted by molar-refractivity contribution is -0.167. The van der Waals surface area contributed by atoms with Gasteiger partial charge in [-0.25, -0.2) is 4.52 Å². The minimum atomic E-state index is -5.03. The Morgan fingerprint density at radius 3 is 2.70 bits per heavy atom. The van der Waals surface area contributed by atoms with Crippen molar-refractivity contribution >= 4 is 17.1 Å². The Hall–Kier alpha value is -3.75. The number of alkyl halides is 3. The van der Waals surface area contributed by atoms with E-state index < -0.39 is 12.1 Å². The van der Waals surface area contributed by atoms with Crippen LogP contribution in [-0.4, -0.2) is 31.5 Å². The van der Waals surface area contributed by atoms with E-state index in [1.165, 1.54) is 23.0 Å². The lowest BCUT2D eigenvalue weighted by Gasteiger charge is -2.21. The van der Waals surface area contributed by atoms with Crippen molar-refractivity contribution in [2.45, 2.75) is 50.9 Å². The van der Waals surface area contributed by atoms with Gasteiger partial charge in [-0.05, 0) is 24.8 Å². The Morgan fingerprint density at radius 2 is 2.03 bits per heavy atom. The van der Waals surface area contributed by atoms with Crippen molar-refractivity contribution in [1.82, 2.24) is 19.4 Å². The summed E-state index contributed by atoms with van der Waals surface area (Å²) in [6.07, 6.45) is 5.53. The molecule has 1 aliphatic carbocycles. The van der Waals surface area contributed by atoms with Gasteiger partial charge in [-0.15, -0.1) is 0 Å². The topological polar surface area (TPSA) is 117 Å². The van der Waals surface area contributed by atoms with E-state index in [0.29, 0.717) is 34.5 Å². The first-order valence-corrected chi connectivity index (χ1v) is 10.4. The van der Waals surface area contributed by atoms with Gasteiger partial charge in [0.25, 0.3) is 0 Å². The largest absolute Gasteiger partial charge is 0.471 e. The lowest BCUT2D eigenvalue weighted by Crippen LogP contribution is -2.29. The first kappa shape index (κ1) is 22.4. The summed E-state index contributed by atoms with van der Waals surface area (Å²) in [5.74, 6) is -1.76. The minimum absolute atomic E-state index is 0.0924. The standard InChI is InChI=1S/C21H20F3N7O2/c22-21(23,24)20(32)29-16-7-18-19(14(10-28-33)8-26-31(18)12-16)15-9-27-30(11-15)17(5-6-25)13-3-1-2-4-13/h7-9,11-13,17H,1-5,10H2,(H,29,32). The second-order valence-electron chi connectivity index (χ2n) is 8.03. The van der Waals surface area contributed by atoms with Crippen LogP contribution in [0.2, 0.25) is 0 Å². The quantitative estimate of drug-likeness (QED) is 0.518. The monoisotopic (exact) mass is 459 g/mol. The average Bonchev–Trinajstić information content (AvgIpc) is 3.52. The molecule has 1 N–H and O–H groups in total. The van der Waals surface area contributed by atoms with Gasteiger partial charge in [0.15, 0.2) is 0 Å². The van der Waals surface area contributed by atoms with Gasteiger partial charge in [0, 0.05) is 22.9 Å². The number of nitroso groups, excluding NO2 is 1. The number of hydrogen-bond donors (Lipinski definition) is 1. The number of hydrogen-bond acceptors (Lipinski definition) is 6. The van der Waals surface area contributed by atoms with E-state index in [-0.39, 0.29) is 18.3 Å². The molecule has 3 aromatic heterocycles. The highest BCUT2D eigenvalue weighted by Gasteiger charge is 2.39.